The zero-order chi connectivity index (χ0) is 20.4. The van der Waals surface area contributed by atoms with Crippen molar-refractivity contribution >= 4 is 49.6 Å². The van der Waals surface area contributed by atoms with E-state index in [1.807, 2.05) is 72.8 Å². The summed E-state index contributed by atoms with van der Waals surface area (Å²) in [7, 11) is 0. The summed E-state index contributed by atoms with van der Waals surface area (Å²) >= 11 is 3.39. The Kier molecular flexibility index (Phi) is 5.27. The van der Waals surface area contributed by atoms with Crippen molar-refractivity contribution in [3.05, 3.63) is 88.4 Å². The van der Waals surface area contributed by atoms with Crippen molar-refractivity contribution in [3.63, 3.8) is 0 Å². The van der Waals surface area contributed by atoms with Crippen molar-refractivity contribution in [2.45, 2.75) is 12.5 Å². The highest BCUT2D eigenvalue weighted by Crippen LogP contribution is 2.26. The third kappa shape index (κ3) is 3.98. The van der Waals surface area contributed by atoms with Crippen LogP contribution in [0, 0.1) is 0 Å². The van der Waals surface area contributed by atoms with Gasteiger partial charge in [0, 0.05) is 21.7 Å². The van der Waals surface area contributed by atoms with Crippen LogP contribution in [0.15, 0.2) is 77.3 Å². The van der Waals surface area contributed by atoms with Crippen LogP contribution in [0.25, 0.3) is 21.8 Å². The Labute approximate surface area is 175 Å². The van der Waals surface area contributed by atoms with Crippen LogP contribution in [-0.2, 0) is 11.2 Å². The molecule has 5 nitrogen and oxygen atoms in total. The minimum Gasteiger partial charge on any atom is -0.480 e. The van der Waals surface area contributed by atoms with Gasteiger partial charge >= 0.3 is 5.97 Å². The van der Waals surface area contributed by atoms with Gasteiger partial charge in [0.25, 0.3) is 5.91 Å². The van der Waals surface area contributed by atoms with Gasteiger partial charge in [-0.3, -0.25) is 4.79 Å². The fourth-order valence-electron chi connectivity index (χ4n) is 3.41. The van der Waals surface area contributed by atoms with Crippen LogP contribution in [0.1, 0.15) is 15.9 Å². The number of nitrogens with one attached hydrogen (secondary N) is 1. The zero-order valence-corrected chi connectivity index (χ0v) is 16.9. The number of hydrogen-bond acceptors (Lipinski definition) is 3. The lowest BCUT2D eigenvalue weighted by Gasteiger charge is -2.17. The maximum atomic E-state index is 13.2. The van der Waals surface area contributed by atoms with E-state index in [1.54, 1.807) is 0 Å². The summed E-state index contributed by atoms with van der Waals surface area (Å²) in [6, 6.07) is 21.1. The summed E-state index contributed by atoms with van der Waals surface area (Å²) in [5.41, 5.74) is 2.63. The Morgan fingerprint density at radius 3 is 2.14 bits per heavy atom. The Morgan fingerprint density at radius 1 is 0.931 bits per heavy atom. The smallest absolute Gasteiger partial charge is 0.326 e. The van der Waals surface area contributed by atoms with E-state index in [0.717, 1.165) is 10.0 Å². The molecule has 0 saturated heterocycles. The first-order valence-electron chi connectivity index (χ1n) is 9.08. The molecule has 1 atom stereocenters. The van der Waals surface area contributed by atoms with Gasteiger partial charge in [0.05, 0.1) is 16.6 Å². The minimum atomic E-state index is -1.08. The molecule has 6 heteroatoms. The molecule has 29 heavy (non-hydrogen) atoms. The average Bonchev–Trinajstić information content (AvgIpc) is 2.71. The lowest BCUT2D eigenvalue weighted by molar-refractivity contribution is -0.139. The largest absolute Gasteiger partial charge is 0.480 e. The topological polar surface area (TPSA) is 79.3 Å². The normalized spacial score (nSPS) is 12.0. The number of para-hydroxylation sites is 2. The lowest BCUT2D eigenvalue weighted by Crippen LogP contribution is -2.42. The van der Waals surface area contributed by atoms with Gasteiger partial charge in [-0.25, -0.2) is 9.78 Å². The number of aromatic nitrogens is 1. The van der Waals surface area contributed by atoms with Crippen molar-refractivity contribution in [1.29, 1.82) is 0 Å². The van der Waals surface area contributed by atoms with Crippen molar-refractivity contribution in [3.8, 4) is 0 Å². The number of amides is 1. The summed E-state index contributed by atoms with van der Waals surface area (Å²) in [5.74, 6) is -1.51. The van der Waals surface area contributed by atoms with Gasteiger partial charge < -0.3 is 10.4 Å². The van der Waals surface area contributed by atoms with E-state index < -0.39 is 17.9 Å². The van der Waals surface area contributed by atoms with E-state index in [0.29, 0.717) is 27.4 Å². The van der Waals surface area contributed by atoms with Crippen molar-refractivity contribution in [2.75, 3.05) is 0 Å². The highest BCUT2D eigenvalue weighted by Gasteiger charge is 2.24. The van der Waals surface area contributed by atoms with Crippen LogP contribution < -0.4 is 5.32 Å². The molecule has 1 aromatic heterocycles. The summed E-state index contributed by atoms with van der Waals surface area (Å²) in [4.78, 5) is 29.7. The standard InChI is InChI=1S/C23H17BrN2O3/c24-15-7-5-6-14(12-15)13-20(23(28)29)26-22(27)21-16-8-1-3-10-18(16)25-19-11-4-2-9-17(19)21/h1-12,20H,13H2,(H,26,27)(H,28,29)/t20-/m0/s1. The number of aliphatic carboxylic acids is 1. The summed E-state index contributed by atoms with van der Waals surface area (Å²) < 4.78 is 0.858. The second-order valence-electron chi connectivity index (χ2n) is 6.72. The molecule has 3 aromatic carbocycles. The molecule has 144 valence electrons. The first kappa shape index (κ1) is 19.1. The number of hydrogen-bond donors (Lipinski definition) is 2. The van der Waals surface area contributed by atoms with E-state index >= 15 is 0 Å². The Morgan fingerprint density at radius 2 is 1.55 bits per heavy atom. The zero-order valence-electron chi connectivity index (χ0n) is 15.3. The molecule has 0 fully saturated rings. The van der Waals surface area contributed by atoms with E-state index in [2.05, 4.69) is 26.2 Å². The van der Waals surface area contributed by atoms with E-state index in [9.17, 15) is 14.7 Å². The number of nitrogens with zero attached hydrogens (tertiary/aromatic N) is 1. The minimum absolute atomic E-state index is 0.182. The summed E-state index contributed by atoms with van der Waals surface area (Å²) in [5, 5.41) is 13.8. The number of rotatable bonds is 5. The van der Waals surface area contributed by atoms with Crippen LogP contribution in [0.2, 0.25) is 0 Å². The predicted octanol–water partition coefficient (Wildman–Crippen LogP) is 4.58. The van der Waals surface area contributed by atoms with Crippen molar-refractivity contribution in [2.24, 2.45) is 0 Å². The van der Waals surface area contributed by atoms with Gasteiger partial charge in [0.1, 0.15) is 6.04 Å². The van der Waals surface area contributed by atoms with Gasteiger partial charge in [-0.05, 0) is 29.8 Å². The third-order valence-electron chi connectivity index (χ3n) is 4.75. The number of benzene rings is 3. The molecule has 1 amide bonds. The average molecular weight is 449 g/mol. The van der Waals surface area contributed by atoms with Crippen molar-refractivity contribution in [1.82, 2.24) is 10.3 Å². The van der Waals surface area contributed by atoms with Crippen LogP contribution >= 0.6 is 15.9 Å². The number of carbonyl (C=O) groups is 2. The van der Waals surface area contributed by atoms with Crippen LogP contribution in [0.5, 0.6) is 0 Å². The number of carboxylic acid groups (broad SMARTS) is 1. The number of carbonyl (C=O) groups excluding carboxylic acids is 1. The van der Waals surface area contributed by atoms with E-state index in [1.165, 1.54) is 0 Å². The molecule has 0 saturated carbocycles. The fourth-order valence-corrected chi connectivity index (χ4v) is 3.86. The highest BCUT2D eigenvalue weighted by atomic mass is 79.9. The first-order valence-corrected chi connectivity index (χ1v) is 9.88. The molecule has 1 heterocycles. The summed E-state index contributed by atoms with van der Waals surface area (Å²) in [6.45, 7) is 0. The SMILES string of the molecule is O=C(N[C@@H](Cc1cccc(Br)c1)C(=O)O)c1c2ccccc2nc2ccccc12. The molecule has 4 rings (SSSR count). The molecular formula is C23H17BrN2O3. The third-order valence-corrected chi connectivity index (χ3v) is 5.24. The van der Waals surface area contributed by atoms with Gasteiger partial charge in [0.2, 0.25) is 0 Å². The molecule has 0 aliphatic rings. The molecule has 4 aromatic rings. The predicted molar refractivity (Wildman–Crippen MR) is 116 cm³/mol. The lowest BCUT2D eigenvalue weighted by atomic mass is 10.0. The molecule has 0 bridgehead atoms. The molecular weight excluding hydrogens is 432 g/mol. The Bertz CT molecular complexity index is 1190. The second kappa shape index (κ2) is 8.01. The summed E-state index contributed by atoms with van der Waals surface area (Å²) in [6.07, 6.45) is 0.182. The molecule has 0 spiro atoms. The number of carboxylic acids is 1. The van der Waals surface area contributed by atoms with Crippen molar-refractivity contribution < 1.29 is 14.7 Å². The molecule has 2 N–H and O–H groups in total. The monoisotopic (exact) mass is 448 g/mol. The van der Waals surface area contributed by atoms with E-state index in [4.69, 9.17) is 0 Å². The molecule has 0 unspecified atom stereocenters. The van der Waals surface area contributed by atoms with Crippen LogP contribution in [-0.4, -0.2) is 28.0 Å². The van der Waals surface area contributed by atoms with E-state index in [-0.39, 0.29) is 6.42 Å². The second-order valence-corrected chi connectivity index (χ2v) is 7.64. The Balaban J connectivity index is 1.74. The van der Waals surface area contributed by atoms with Crippen LogP contribution in [0.4, 0.5) is 0 Å². The van der Waals surface area contributed by atoms with Gasteiger partial charge in [-0.15, -0.1) is 0 Å². The van der Waals surface area contributed by atoms with Gasteiger partial charge in [-0.2, -0.15) is 0 Å². The maximum Gasteiger partial charge on any atom is 0.326 e. The molecule has 0 aliphatic carbocycles. The fraction of sp³-hybridized carbons (Fsp3) is 0.0870. The number of halogens is 1. The first-order chi connectivity index (χ1) is 14.0. The highest BCUT2D eigenvalue weighted by molar-refractivity contribution is 9.10. The maximum absolute atomic E-state index is 13.2. The van der Waals surface area contributed by atoms with Gasteiger partial charge in [-0.1, -0.05) is 64.5 Å². The quantitative estimate of drug-likeness (QED) is 0.438. The Hall–Kier alpha value is -3.25. The molecule has 0 aliphatic heterocycles. The van der Waals surface area contributed by atoms with Gasteiger partial charge in [0.15, 0.2) is 0 Å². The van der Waals surface area contributed by atoms with Crippen LogP contribution in [0.3, 0.4) is 0 Å². The molecule has 0 radical (unpaired) electrons. The number of pyridine rings is 1. The number of fused-ring (bicyclic) bond motifs is 2.